The molecule has 1 amide bonds. The van der Waals surface area contributed by atoms with E-state index in [1.165, 1.54) is 5.56 Å². The molecule has 0 fully saturated rings. The number of carbonyl (C=O) groups excluding carboxylic acids is 1. The van der Waals surface area contributed by atoms with Crippen LogP contribution in [0, 0.1) is 0 Å². The van der Waals surface area contributed by atoms with Crippen LogP contribution in [-0.2, 0) is 11.3 Å². The SMILES string of the molecule is COc1ccc(NC(=O)CCNCc2ccccc2)cc1OC. The van der Waals surface area contributed by atoms with Crippen LogP contribution in [0.15, 0.2) is 48.5 Å². The molecule has 0 spiro atoms. The molecule has 0 radical (unpaired) electrons. The molecule has 0 saturated heterocycles. The quantitative estimate of drug-likeness (QED) is 0.736. The number of ether oxygens (including phenoxy) is 2. The van der Waals surface area contributed by atoms with Crippen LogP contribution in [-0.4, -0.2) is 26.7 Å². The van der Waals surface area contributed by atoms with Gasteiger partial charge in [-0.15, -0.1) is 0 Å². The zero-order valence-electron chi connectivity index (χ0n) is 13.5. The van der Waals surface area contributed by atoms with Gasteiger partial charge in [0, 0.05) is 31.3 Å². The van der Waals surface area contributed by atoms with Crippen molar-refractivity contribution in [3.8, 4) is 11.5 Å². The molecule has 0 heterocycles. The Labute approximate surface area is 136 Å². The second kappa shape index (κ2) is 8.80. The number of carbonyl (C=O) groups is 1. The van der Waals surface area contributed by atoms with Crippen LogP contribution in [0.2, 0.25) is 0 Å². The van der Waals surface area contributed by atoms with Gasteiger partial charge in [0.05, 0.1) is 14.2 Å². The second-order valence-corrected chi connectivity index (χ2v) is 5.03. The molecule has 2 rings (SSSR count). The van der Waals surface area contributed by atoms with E-state index in [1.54, 1.807) is 32.4 Å². The van der Waals surface area contributed by atoms with Crippen molar-refractivity contribution in [2.75, 3.05) is 26.1 Å². The van der Waals surface area contributed by atoms with Gasteiger partial charge in [-0.2, -0.15) is 0 Å². The van der Waals surface area contributed by atoms with E-state index in [0.29, 0.717) is 30.2 Å². The first kappa shape index (κ1) is 16.8. The van der Waals surface area contributed by atoms with Gasteiger partial charge < -0.3 is 20.1 Å². The predicted octanol–water partition coefficient (Wildman–Crippen LogP) is 2.82. The van der Waals surface area contributed by atoms with E-state index >= 15 is 0 Å². The first-order chi connectivity index (χ1) is 11.2. The number of hydrogen-bond acceptors (Lipinski definition) is 4. The molecular weight excluding hydrogens is 292 g/mol. The average Bonchev–Trinajstić information content (AvgIpc) is 2.59. The van der Waals surface area contributed by atoms with Crippen LogP contribution >= 0.6 is 0 Å². The fourth-order valence-corrected chi connectivity index (χ4v) is 2.17. The molecule has 2 N–H and O–H groups in total. The van der Waals surface area contributed by atoms with Crippen molar-refractivity contribution in [3.63, 3.8) is 0 Å². The molecule has 2 aromatic carbocycles. The minimum Gasteiger partial charge on any atom is -0.493 e. The van der Waals surface area contributed by atoms with Gasteiger partial charge >= 0.3 is 0 Å². The lowest BCUT2D eigenvalue weighted by atomic mass is 10.2. The predicted molar refractivity (Wildman–Crippen MR) is 90.9 cm³/mol. The zero-order chi connectivity index (χ0) is 16.5. The van der Waals surface area contributed by atoms with Crippen LogP contribution in [0.25, 0.3) is 0 Å². The third-order valence-electron chi connectivity index (χ3n) is 3.37. The molecular formula is C18H22N2O3. The molecule has 0 aliphatic heterocycles. The van der Waals surface area contributed by atoms with E-state index in [9.17, 15) is 4.79 Å². The van der Waals surface area contributed by atoms with Crippen molar-refractivity contribution in [1.29, 1.82) is 0 Å². The Morgan fingerprint density at radius 1 is 1.00 bits per heavy atom. The lowest BCUT2D eigenvalue weighted by Crippen LogP contribution is -2.21. The summed E-state index contributed by atoms with van der Waals surface area (Å²) in [5.41, 5.74) is 1.89. The molecule has 0 bridgehead atoms. The van der Waals surface area contributed by atoms with Gasteiger partial charge in [0.25, 0.3) is 0 Å². The number of amides is 1. The van der Waals surface area contributed by atoms with E-state index in [2.05, 4.69) is 22.8 Å². The lowest BCUT2D eigenvalue weighted by molar-refractivity contribution is -0.116. The molecule has 0 unspecified atom stereocenters. The second-order valence-electron chi connectivity index (χ2n) is 5.03. The average molecular weight is 314 g/mol. The van der Waals surface area contributed by atoms with Crippen LogP contribution in [0.3, 0.4) is 0 Å². The summed E-state index contributed by atoms with van der Waals surface area (Å²) < 4.78 is 10.4. The summed E-state index contributed by atoms with van der Waals surface area (Å²) in [5.74, 6) is 1.18. The lowest BCUT2D eigenvalue weighted by Gasteiger charge is -2.11. The van der Waals surface area contributed by atoms with Crippen LogP contribution in [0.5, 0.6) is 11.5 Å². The number of methoxy groups -OCH3 is 2. The van der Waals surface area contributed by atoms with Gasteiger partial charge in [-0.3, -0.25) is 4.79 Å². The maximum absolute atomic E-state index is 12.0. The van der Waals surface area contributed by atoms with Gasteiger partial charge in [-0.05, 0) is 17.7 Å². The van der Waals surface area contributed by atoms with E-state index < -0.39 is 0 Å². The highest BCUT2D eigenvalue weighted by molar-refractivity contribution is 5.91. The van der Waals surface area contributed by atoms with Crippen LogP contribution in [0.1, 0.15) is 12.0 Å². The van der Waals surface area contributed by atoms with Crippen LogP contribution in [0.4, 0.5) is 5.69 Å². The Kier molecular flexibility index (Phi) is 6.44. The number of hydrogen-bond donors (Lipinski definition) is 2. The highest BCUT2D eigenvalue weighted by atomic mass is 16.5. The zero-order valence-corrected chi connectivity index (χ0v) is 13.5. The molecule has 122 valence electrons. The minimum absolute atomic E-state index is 0.0437. The number of rotatable bonds is 8. The maximum atomic E-state index is 12.0. The fraction of sp³-hybridized carbons (Fsp3) is 0.278. The Balaban J connectivity index is 1.76. The fourth-order valence-electron chi connectivity index (χ4n) is 2.17. The maximum Gasteiger partial charge on any atom is 0.225 e. The van der Waals surface area contributed by atoms with Crippen molar-refractivity contribution >= 4 is 11.6 Å². The summed E-state index contributed by atoms with van der Waals surface area (Å²) >= 11 is 0. The molecule has 0 saturated carbocycles. The Morgan fingerprint density at radius 3 is 2.43 bits per heavy atom. The van der Waals surface area contributed by atoms with E-state index in [1.807, 2.05) is 18.2 Å². The summed E-state index contributed by atoms with van der Waals surface area (Å²) in [7, 11) is 3.14. The Morgan fingerprint density at radius 2 is 1.74 bits per heavy atom. The first-order valence-corrected chi connectivity index (χ1v) is 7.49. The summed E-state index contributed by atoms with van der Waals surface area (Å²) in [6.07, 6.45) is 0.404. The van der Waals surface area contributed by atoms with Crippen molar-refractivity contribution in [2.45, 2.75) is 13.0 Å². The number of nitrogens with one attached hydrogen (secondary N) is 2. The highest BCUT2D eigenvalue weighted by Crippen LogP contribution is 2.29. The monoisotopic (exact) mass is 314 g/mol. The van der Waals surface area contributed by atoms with Crippen molar-refractivity contribution in [3.05, 3.63) is 54.1 Å². The summed E-state index contributed by atoms with van der Waals surface area (Å²) in [5, 5.41) is 6.11. The van der Waals surface area contributed by atoms with Crippen molar-refractivity contribution in [1.82, 2.24) is 5.32 Å². The molecule has 0 aliphatic carbocycles. The molecule has 2 aromatic rings. The van der Waals surface area contributed by atoms with Gasteiger partial charge in [0.2, 0.25) is 5.91 Å². The summed E-state index contributed by atoms with van der Waals surface area (Å²) in [6.45, 7) is 1.37. The molecule has 5 heteroatoms. The standard InChI is InChI=1S/C18H22N2O3/c1-22-16-9-8-15(12-17(16)23-2)20-18(21)10-11-19-13-14-6-4-3-5-7-14/h3-9,12,19H,10-11,13H2,1-2H3,(H,20,21). The molecule has 23 heavy (non-hydrogen) atoms. The third-order valence-corrected chi connectivity index (χ3v) is 3.37. The number of benzene rings is 2. The van der Waals surface area contributed by atoms with Gasteiger partial charge in [-0.25, -0.2) is 0 Å². The van der Waals surface area contributed by atoms with E-state index in [-0.39, 0.29) is 5.91 Å². The van der Waals surface area contributed by atoms with E-state index in [4.69, 9.17) is 9.47 Å². The first-order valence-electron chi connectivity index (χ1n) is 7.49. The molecule has 0 atom stereocenters. The van der Waals surface area contributed by atoms with Gasteiger partial charge in [0.1, 0.15) is 0 Å². The Hall–Kier alpha value is -2.53. The molecule has 0 aromatic heterocycles. The smallest absolute Gasteiger partial charge is 0.225 e. The topological polar surface area (TPSA) is 59.6 Å². The molecule has 5 nitrogen and oxygen atoms in total. The number of anilines is 1. The van der Waals surface area contributed by atoms with Gasteiger partial charge in [-0.1, -0.05) is 30.3 Å². The van der Waals surface area contributed by atoms with Crippen molar-refractivity contribution in [2.24, 2.45) is 0 Å². The third kappa shape index (κ3) is 5.30. The summed E-state index contributed by atoms with van der Waals surface area (Å²) in [6, 6.07) is 15.4. The largest absolute Gasteiger partial charge is 0.493 e. The van der Waals surface area contributed by atoms with Crippen molar-refractivity contribution < 1.29 is 14.3 Å². The Bertz CT molecular complexity index is 629. The summed E-state index contributed by atoms with van der Waals surface area (Å²) in [4.78, 5) is 12.0. The molecule has 0 aliphatic rings. The van der Waals surface area contributed by atoms with Gasteiger partial charge in [0.15, 0.2) is 11.5 Å². The highest BCUT2D eigenvalue weighted by Gasteiger charge is 2.07. The van der Waals surface area contributed by atoms with E-state index in [0.717, 1.165) is 6.54 Å². The normalized spacial score (nSPS) is 10.2. The minimum atomic E-state index is -0.0437. The van der Waals surface area contributed by atoms with Crippen LogP contribution < -0.4 is 20.1 Å².